The van der Waals surface area contributed by atoms with Crippen LogP contribution < -0.4 is 10.6 Å². The number of carbonyl (C=O) groups is 4. The van der Waals surface area contributed by atoms with Crippen molar-refractivity contribution in [3.8, 4) is 6.07 Å². The first kappa shape index (κ1) is 27.3. The van der Waals surface area contributed by atoms with Gasteiger partial charge < -0.3 is 20.1 Å². The minimum Gasteiger partial charge on any atom is -0.467 e. The molecule has 0 aliphatic heterocycles. The van der Waals surface area contributed by atoms with Crippen LogP contribution in [-0.2, 0) is 25.6 Å². The first-order chi connectivity index (χ1) is 17.5. The van der Waals surface area contributed by atoms with Gasteiger partial charge in [0.25, 0.3) is 11.8 Å². The van der Waals surface area contributed by atoms with E-state index in [4.69, 9.17) is 9.47 Å². The molecule has 2 amide bonds. The number of thiophene rings is 1. The van der Waals surface area contributed by atoms with Crippen molar-refractivity contribution in [1.29, 1.82) is 5.26 Å². The Morgan fingerprint density at radius 1 is 1.22 bits per heavy atom. The summed E-state index contributed by atoms with van der Waals surface area (Å²) in [5, 5.41) is 22.5. The number of fused-ring (bicyclic) bond motifs is 1. The normalized spacial score (nSPS) is 11.9. The van der Waals surface area contributed by atoms with Gasteiger partial charge in [0.15, 0.2) is 0 Å². The molecule has 11 nitrogen and oxygen atoms in total. The Morgan fingerprint density at radius 3 is 2.65 bits per heavy atom. The predicted octanol–water partition coefficient (Wildman–Crippen LogP) is 2.82. The highest BCUT2D eigenvalue weighted by Gasteiger charge is 2.27. The fourth-order valence-corrected chi connectivity index (χ4v) is 4.40. The van der Waals surface area contributed by atoms with Crippen LogP contribution in [0.5, 0.6) is 0 Å². The second kappa shape index (κ2) is 11.7. The van der Waals surface area contributed by atoms with Crippen molar-refractivity contribution in [3.05, 3.63) is 51.3 Å². The lowest BCUT2D eigenvalue weighted by Gasteiger charge is -2.21. The first-order valence-electron chi connectivity index (χ1n) is 11.4. The maximum absolute atomic E-state index is 12.9. The highest BCUT2D eigenvalue weighted by molar-refractivity contribution is 7.16. The van der Waals surface area contributed by atoms with E-state index >= 15 is 0 Å². The third-order valence-electron chi connectivity index (χ3n) is 5.15. The van der Waals surface area contributed by atoms with Crippen LogP contribution in [0.3, 0.4) is 0 Å². The Hall–Kier alpha value is -4.24. The van der Waals surface area contributed by atoms with Crippen LogP contribution in [-0.4, -0.2) is 52.7 Å². The molecule has 194 valence electrons. The zero-order valence-corrected chi connectivity index (χ0v) is 21.7. The molecule has 37 heavy (non-hydrogen) atoms. The fourth-order valence-electron chi connectivity index (χ4n) is 3.47. The monoisotopic (exact) mass is 525 g/mol. The van der Waals surface area contributed by atoms with Crippen LogP contribution in [0.15, 0.2) is 30.5 Å². The molecule has 0 radical (unpaired) electrons. The number of nitrogens with one attached hydrogen (secondary N) is 3. The highest BCUT2D eigenvalue weighted by atomic mass is 32.1. The Bertz CT molecular complexity index is 1360. The van der Waals surface area contributed by atoms with E-state index in [0.717, 1.165) is 34.9 Å². The molecule has 12 heteroatoms. The molecule has 0 spiro atoms. The van der Waals surface area contributed by atoms with Gasteiger partial charge >= 0.3 is 11.9 Å². The summed E-state index contributed by atoms with van der Waals surface area (Å²) in [5.74, 6) is -2.48. The number of nitriles is 1. The molecular weight excluding hydrogens is 498 g/mol. The molecule has 2 heterocycles. The van der Waals surface area contributed by atoms with E-state index in [9.17, 15) is 24.4 Å². The number of aromatic nitrogens is 2. The van der Waals surface area contributed by atoms with E-state index in [1.54, 1.807) is 27.0 Å². The van der Waals surface area contributed by atoms with Crippen LogP contribution in [0.25, 0.3) is 10.9 Å². The number of aromatic amines is 1. The third kappa shape index (κ3) is 7.14. The first-order valence-corrected chi connectivity index (χ1v) is 12.2. The number of hydrogen-bond donors (Lipinski definition) is 3. The third-order valence-corrected chi connectivity index (χ3v) is 6.28. The molecule has 1 aromatic carbocycles. The predicted molar refractivity (Wildman–Crippen MR) is 135 cm³/mol. The van der Waals surface area contributed by atoms with Crippen LogP contribution >= 0.6 is 11.3 Å². The largest absolute Gasteiger partial charge is 0.467 e. The van der Waals surface area contributed by atoms with Gasteiger partial charge in [-0.3, -0.25) is 19.5 Å². The van der Waals surface area contributed by atoms with Crippen molar-refractivity contribution in [3.63, 3.8) is 0 Å². The minimum atomic E-state index is -1.15. The van der Waals surface area contributed by atoms with Gasteiger partial charge in [0.05, 0.1) is 29.3 Å². The Kier molecular flexibility index (Phi) is 8.62. The van der Waals surface area contributed by atoms with Crippen LogP contribution in [0.4, 0.5) is 0 Å². The van der Waals surface area contributed by atoms with Gasteiger partial charge in [0, 0.05) is 18.4 Å². The number of methoxy groups -OCH3 is 1. The Labute approximate surface area is 217 Å². The summed E-state index contributed by atoms with van der Waals surface area (Å²) in [6, 6.07) is 7.64. The zero-order valence-electron chi connectivity index (χ0n) is 20.8. The topological polar surface area (TPSA) is 163 Å². The van der Waals surface area contributed by atoms with Crippen molar-refractivity contribution in [1.82, 2.24) is 20.8 Å². The number of amides is 2. The summed E-state index contributed by atoms with van der Waals surface area (Å²) in [6.45, 7) is 5.37. The lowest BCUT2D eigenvalue weighted by atomic mass is 10.1. The maximum Gasteiger partial charge on any atom is 0.328 e. The summed E-state index contributed by atoms with van der Waals surface area (Å²) in [4.78, 5) is 50.1. The van der Waals surface area contributed by atoms with Crippen molar-refractivity contribution in [2.45, 2.75) is 51.8 Å². The average Bonchev–Trinajstić information content (AvgIpc) is 3.51. The number of benzene rings is 1. The quantitative estimate of drug-likeness (QED) is 0.359. The molecule has 1 atom stereocenters. The minimum absolute atomic E-state index is 0.0136. The summed E-state index contributed by atoms with van der Waals surface area (Å²) < 4.78 is 9.98. The smallest absolute Gasteiger partial charge is 0.328 e. The lowest BCUT2D eigenvalue weighted by molar-refractivity contribution is -0.155. The fraction of sp³-hybridized carbons (Fsp3) is 0.360. The number of nitrogens with zero attached hydrogens (tertiary/aromatic N) is 2. The number of rotatable bonds is 9. The molecule has 0 bridgehead atoms. The van der Waals surface area contributed by atoms with Crippen molar-refractivity contribution < 1.29 is 28.7 Å². The van der Waals surface area contributed by atoms with Crippen molar-refractivity contribution in [2.24, 2.45) is 0 Å². The van der Waals surface area contributed by atoms with E-state index in [0.29, 0.717) is 0 Å². The number of hydrogen-bond acceptors (Lipinski definition) is 9. The molecule has 0 aliphatic rings. The van der Waals surface area contributed by atoms with Crippen LogP contribution in [0, 0.1) is 11.3 Å². The lowest BCUT2D eigenvalue weighted by Crippen LogP contribution is -2.42. The van der Waals surface area contributed by atoms with E-state index in [-0.39, 0.29) is 34.7 Å². The number of carbonyl (C=O) groups excluding carboxylic acids is 4. The summed E-state index contributed by atoms with van der Waals surface area (Å²) >= 11 is 0.825. The molecular formula is C25H27N5O6S. The molecule has 0 unspecified atom stereocenters. The van der Waals surface area contributed by atoms with E-state index in [1.165, 1.54) is 6.07 Å². The van der Waals surface area contributed by atoms with Crippen molar-refractivity contribution in [2.75, 3.05) is 7.11 Å². The molecule has 3 N–H and O–H groups in total. The van der Waals surface area contributed by atoms with Gasteiger partial charge in [-0.25, -0.2) is 4.79 Å². The average molecular weight is 526 g/mol. The van der Waals surface area contributed by atoms with E-state index in [2.05, 4.69) is 20.8 Å². The summed E-state index contributed by atoms with van der Waals surface area (Å²) in [6.07, 6.45) is 1.47. The van der Waals surface area contributed by atoms with E-state index in [1.807, 2.05) is 24.3 Å². The van der Waals surface area contributed by atoms with Gasteiger partial charge in [-0.1, -0.05) is 12.1 Å². The van der Waals surface area contributed by atoms with E-state index < -0.39 is 35.4 Å². The van der Waals surface area contributed by atoms with Crippen LogP contribution in [0.2, 0.25) is 0 Å². The zero-order chi connectivity index (χ0) is 27.2. The standard InChI is InChI=1S/C25H27N5O6S/c1-25(2,3)36-20(31)9-8-18(24(34)35-4)29-23(33)21-15(11-26)10-19(37-21)22(32)27-12-14-6-5-7-17-16(14)13-28-30-17/h5-7,10,13,18H,8-9,12H2,1-4H3,(H,27,32)(H,28,30)(H,29,33)/t18-/m0/s1. The second-order valence-electron chi connectivity index (χ2n) is 9.07. The van der Waals surface area contributed by atoms with Gasteiger partial charge in [0.2, 0.25) is 0 Å². The van der Waals surface area contributed by atoms with Gasteiger partial charge in [-0.2, -0.15) is 10.4 Å². The molecule has 0 fully saturated rings. The highest BCUT2D eigenvalue weighted by Crippen LogP contribution is 2.23. The number of H-pyrrole nitrogens is 1. The number of ether oxygens (including phenoxy) is 2. The molecule has 3 aromatic rings. The summed E-state index contributed by atoms with van der Waals surface area (Å²) in [5.41, 5.74) is 0.975. The van der Waals surface area contributed by atoms with Gasteiger partial charge in [0.1, 0.15) is 22.6 Å². The molecule has 0 aliphatic carbocycles. The SMILES string of the molecule is COC(=O)[C@H](CCC(=O)OC(C)(C)C)NC(=O)c1sc(C(=O)NCc2cccc3[nH]ncc23)cc1C#N. The summed E-state index contributed by atoms with van der Waals surface area (Å²) in [7, 11) is 1.16. The van der Waals surface area contributed by atoms with Crippen molar-refractivity contribution >= 4 is 46.0 Å². The molecule has 3 rings (SSSR count). The maximum atomic E-state index is 12.9. The molecule has 0 saturated heterocycles. The van der Waals surface area contributed by atoms with Gasteiger partial charge in [-0.05, 0) is 44.9 Å². The Morgan fingerprint density at radius 2 is 1.97 bits per heavy atom. The second-order valence-corrected chi connectivity index (χ2v) is 10.1. The Balaban J connectivity index is 1.69. The molecule has 0 saturated carbocycles. The van der Waals surface area contributed by atoms with Crippen LogP contribution in [0.1, 0.15) is 64.1 Å². The van der Waals surface area contributed by atoms with Gasteiger partial charge in [-0.15, -0.1) is 11.3 Å². The molecule has 2 aromatic heterocycles. The number of esters is 2.